The molecule has 0 radical (unpaired) electrons. The molecule has 1 aromatic carbocycles. The molecule has 15 heavy (non-hydrogen) atoms. The lowest BCUT2D eigenvalue weighted by molar-refractivity contribution is 0.199. The van der Waals surface area contributed by atoms with Crippen LogP contribution in [0.15, 0.2) is 18.2 Å². The van der Waals surface area contributed by atoms with Crippen LogP contribution >= 0.6 is 11.6 Å². The summed E-state index contributed by atoms with van der Waals surface area (Å²) in [7, 11) is 1.67. The molecule has 2 nitrogen and oxygen atoms in total. The number of hydrogen-bond donors (Lipinski definition) is 1. The number of hydrogen-bond acceptors (Lipinski definition) is 2. The summed E-state index contributed by atoms with van der Waals surface area (Å²) in [6.45, 7) is 2.32. The van der Waals surface area contributed by atoms with Gasteiger partial charge in [0.2, 0.25) is 0 Å². The highest BCUT2D eigenvalue weighted by molar-refractivity contribution is 6.31. The SMILES string of the molecule is COCCNCCc1ccc(F)cc1Cl. The average Bonchev–Trinajstić information content (AvgIpc) is 2.20. The van der Waals surface area contributed by atoms with Crippen molar-refractivity contribution < 1.29 is 9.13 Å². The molecule has 0 saturated carbocycles. The Morgan fingerprint density at radius 1 is 1.40 bits per heavy atom. The Hall–Kier alpha value is -0.640. The fourth-order valence-electron chi connectivity index (χ4n) is 1.25. The molecule has 0 unspecified atom stereocenters. The summed E-state index contributed by atoms with van der Waals surface area (Å²) in [4.78, 5) is 0. The van der Waals surface area contributed by atoms with Crippen LogP contribution in [0.25, 0.3) is 0 Å². The number of methoxy groups -OCH3 is 1. The summed E-state index contributed by atoms with van der Waals surface area (Å²) >= 11 is 5.88. The van der Waals surface area contributed by atoms with Crippen molar-refractivity contribution in [3.8, 4) is 0 Å². The molecule has 84 valence electrons. The van der Waals surface area contributed by atoms with Gasteiger partial charge in [-0.25, -0.2) is 4.39 Å². The van der Waals surface area contributed by atoms with Crippen molar-refractivity contribution in [1.29, 1.82) is 0 Å². The van der Waals surface area contributed by atoms with Gasteiger partial charge in [-0.1, -0.05) is 17.7 Å². The first-order valence-corrected chi connectivity index (χ1v) is 5.25. The molecule has 0 spiro atoms. The quantitative estimate of drug-likeness (QED) is 0.759. The minimum absolute atomic E-state index is 0.295. The van der Waals surface area contributed by atoms with Crippen molar-refractivity contribution in [3.05, 3.63) is 34.6 Å². The van der Waals surface area contributed by atoms with Gasteiger partial charge in [0.25, 0.3) is 0 Å². The summed E-state index contributed by atoms with van der Waals surface area (Å²) < 4.78 is 17.6. The van der Waals surface area contributed by atoms with Crippen LogP contribution < -0.4 is 5.32 Å². The van der Waals surface area contributed by atoms with Crippen molar-refractivity contribution in [2.24, 2.45) is 0 Å². The van der Waals surface area contributed by atoms with E-state index in [4.69, 9.17) is 16.3 Å². The summed E-state index contributed by atoms with van der Waals surface area (Å²) in [5.41, 5.74) is 0.961. The van der Waals surface area contributed by atoms with E-state index in [2.05, 4.69) is 5.32 Å². The molecule has 0 aromatic heterocycles. The first-order chi connectivity index (χ1) is 7.24. The molecule has 0 aliphatic heterocycles. The van der Waals surface area contributed by atoms with Gasteiger partial charge in [0.15, 0.2) is 0 Å². The van der Waals surface area contributed by atoms with Gasteiger partial charge in [0.1, 0.15) is 5.82 Å². The van der Waals surface area contributed by atoms with Gasteiger partial charge < -0.3 is 10.1 Å². The van der Waals surface area contributed by atoms with Crippen LogP contribution in [0.1, 0.15) is 5.56 Å². The van der Waals surface area contributed by atoms with Gasteiger partial charge in [-0.3, -0.25) is 0 Å². The zero-order valence-corrected chi connectivity index (χ0v) is 9.48. The minimum atomic E-state index is -0.295. The Balaban J connectivity index is 2.31. The number of halogens is 2. The normalized spacial score (nSPS) is 10.6. The molecule has 1 rings (SSSR count). The highest BCUT2D eigenvalue weighted by atomic mass is 35.5. The molecule has 4 heteroatoms. The molecular formula is C11H15ClFNO. The largest absolute Gasteiger partial charge is 0.383 e. The lowest BCUT2D eigenvalue weighted by Gasteiger charge is -2.05. The Morgan fingerprint density at radius 2 is 2.20 bits per heavy atom. The zero-order valence-electron chi connectivity index (χ0n) is 8.72. The van der Waals surface area contributed by atoms with Crippen molar-refractivity contribution in [2.45, 2.75) is 6.42 Å². The lowest BCUT2D eigenvalue weighted by Crippen LogP contribution is -2.21. The maximum absolute atomic E-state index is 12.7. The molecule has 0 aliphatic carbocycles. The van der Waals surface area contributed by atoms with Crippen LogP contribution in [0, 0.1) is 5.82 Å². The molecule has 0 saturated heterocycles. The molecule has 0 atom stereocenters. The predicted molar refractivity (Wildman–Crippen MR) is 59.9 cm³/mol. The van der Waals surface area contributed by atoms with Gasteiger partial charge in [-0.05, 0) is 30.7 Å². The monoisotopic (exact) mass is 231 g/mol. The van der Waals surface area contributed by atoms with Crippen LogP contribution in [0.3, 0.4) is 0 Å². The van der Waals surface area contributed by atoms with E-state index in [0.29, 0.717) is 11.6 Å². The lowest BCUT2D eigenvalue weighted by atomic mass is 10.1. The summed E-state index contributed by atoms with van der Waals surface area (Å²) in [5.74, 6) is -0.295. The Bertz CT molecular complexity index is 307. The first kappa shape index (κ1) is 12.4. The van der Waals surface area contributed by atoms with E-state index in [1.165, 1.54) is 12.1 Å². The molecular weight excluding hydrogens is 217 g/mol. The second-order valence-electron chi connectivity index (χ2n) is 3.23. The molecule has 0 aliphatic rings. The van der Waals surface area contributed by atoms with E-state index in [-0.39, 0.29) is 5.82 Å². The second-order valence-corrected chi connectivity index (χ2v) is 3.64. The van der Waals surface area contributed by atoms with Gasteiger partial charge in [-0.15, -0.1) is 0 Å². The van der Waals surface area contributed by atoms with E-state index >= 15 is 0 Å². The van der Waals surface area contributed by atoms with Crippen LogP contribution in [-0.2, 0) is 11.2 Å². The van der Waals surface area contributed by atoms with Gasteiger partial charge in [0.05, 0.1) is 6.61 Å². The third-order valence-electron chi connectivity index (χ3n) is 2.07. The highest BCUT2D eigenvalue weighted by Crippen LogP contribution is 2.17. The molecule has 1 N–H and O–H groups in total. The van der Waals surface area contributed by atoms with E-state index in [0.717, 1.165) is 25.1 Å². The standard InChI is InChI=1S/C11H15ClFNO/c1-15-7-6-14-5-4-9-2-3-10(13)8-11(9)12/h2-3,8,14H,4-7H2,1H3. The average molecular weight is 232 g/mol. The van der Waals surface area contributed by atoms with Crippen molar-refractivity contribution in [2.75, 3.05) is 26.8 Å². The summed E-state index contributed by atoms with van der Waals surface area (Å²) in [6.07, 6.45) is 0.794. The third-order valence-corrected chi connectivity index (χ3v) is 2.42. The summed E-state index contributed by atoms with van der Waals surface area (Å²) in [5, 5.41) is 3.69. The molecule has 1 aromatic rings. The van der Waals surface area contributed by atoms with Crippen molar-refractivity contribution >= 4 is 11.6 Å². The first-order valence-electron chi connectivity index (χ1n) is 4.87. The van der Waals surface area contributed by atoms with E-state index in [1.54, 1.807) is 13.2 Å². The van der Waals surface area contributed by atoms with E-state index < -0.39 is 0 Å². The Labute approximate surface area is 94.4 Å². The number of ether oxygens (including phenoxy) is 1. The van der Waals surface area contributed by atoms with Crippen molar-refractivity contribution in [1.82, 2.24) is 5.32 Å². The number of nitrogens with one attached hydrogen (secondary N) is 1. The number of rotatable bonds is 6. The molecule has 0 amide bonds. The van der Waals surface area contributed by atoms with Gasteiger partial charge >= 0.3 is 0 Å². The smallest absolute Gasteiger partial charge is 0.124 e. The maximum atomic E-state index is 12.7. The number of benzene rings is 1. The Morgan fingerprint density at radius 3 is 2.87 bits per heavy atom. The summed E-state index contributed by atoms with van der Waals surface area (Å²) in [6, 6.07) is 4.48. The van der Waals surface area contributed by atoms with Crippen LogP contribution in [-0.4, -0.2) is 26.8 Å². The van der Waals surface area contributed by atoms with E-state index in [9.17, 15) is 4.39 Å². The molecule has 0 fully saturated rings. The van der Waals surface area contributed by atoms with Crippen LogP contribution in [0.4, 0.5) is 4.39 Å². The molecule has 0 heterocycles. The van der Waals surface area contributed by atoms with Gasteiger partial charge in [0, 0.05) is 18.7 Å². The Kier molecular flexibility index (Phi) is 5.61. The molecule has 0 bridgehead atoms. The highest BCUT2D eigenvalue weighted by Gasteiger charge is 2.01. The third kappa shape index (κ3) is 4.60. The second kappa shape index (κ2) is 6.77. The van der Waals surface area contributed by atoms with E-state index in [1.807, 2.05) is 0 Å². The topological polar surface area (TPSA) is 21.3 Å². The fraction of sp³-hybridized carbons (Fsp3) is 0.455. The minimum Gasteiger partial charge on any atom is -0.383 e. The predicted octanol–water partition coefficient (Wildman–Crippen LogP) is 2.26. The van der Waals surface area contributed by atoms with Crippen LogP contribution in [0.5, 0.6) is 0 Å². The zero-order chi connectivity index (χ0) is 11.1. The maximum Gasteiger partial charge on any atom is 0.124 e. The van der Waals surface area contributed by atoms with Crippen LogP contribution in [0.2, 0.25) is 5.02 Å². The van der Waals surface area contributed by atoms with Gasteiger partial charge in [-0.2, -0.15) is 0 Å². The van der Waals surface area contributed by atoms with Crippen molar-refractivity contribution in [3.63, 3.8) is 0 Å². The fourth-order valence-corrected chi connectivity index (χ4v) is 1.51.